The van der Waals surface area contributed by atoms with E-state index in [0.717, 1.165) is 25.2 Å². The topological polar surface area (TPSA) is 21.3 Å². The molecule has 0 aromatic rings. The molecule has 0 saturated carbocycles. The van der Waals surface area contributed by atoms with Crippen LogP contribution >= 0.6 is 0 Å². The van der Waals surface area contributed by atoms with Gasteiger partial charge in [-0.15, -0.1) is 0 Å². The second kappa shape index (κ2) is 4.95. The quantitative estimate of drug-likeness (QED) is 0.620. The van der Waals surface area contributed by atoms with Crippen LogP contribution in [0.3, 0.4) is 0 Å². The van der Waals surface area contributed by atoms with Crippen LogP contribution in [0.25, 0.3) is 0 Å². The summed E-state index contributed by atoms with van der Waals surface area (Å²) in [6, 6.07) is 0.455. The van der Waals surface area contributed by atoms with Gasteiger partial charge in [-0.3, -0.25) is 0 Å². The summed E-state index contributed by atoms with van der Waals surface area (Å²) in [5, 5.41) is 3.39. The van der Waals surface area contributed by atoms with E-state index in [1.165, 1.54) is 5.70 Å². The zero-order valence-electron chi connectivity index (χ0n) is 8.76. The molecule has 0 spiro atoms. The summed E-state index contributed by atoms with van der Waals surface area (Å²) in [5.74, 6) is 1.14. The average molecular weight is 181 g/mol. The van der Waals surface area contributed by atoms with Crippen molar-refractivity contribution in [2.45, 2.75) is 39.7 Å². The Morgan fingerprint density at radius 1 is 1.46 bits per heavy atom. The highest BCUT2D eigenvalue weighted by Gasteiger charge is 2.17. The number of hydrogen-bond donors (Lipinski definition) is 1. The van der Waals surface area contributed by atoms with E-state index in [1.54, 1.807) is 0 Å². The van der Waals surface area contributed by atoms with Crippen molar-refractivity contribution in [3.63, 3.8) is 0 Å². The Balaban J connectivity index is 0.000000396. The summed E-state index contributed by atoms with van der Waals surface area (Å²) >= 11 is 0. The zero-order chi connectivity index (χ0) is 9.68. The molecule has 0 aromatic heterocycles. The monoisotopic (exact) mass is 181 g/mol. The second-order valence-electron chi connectivity index (χ2n) is 3.13. The first-order chi connectivity index (χ1) is 6.36. The first kappa shape index (κ1) is 10.2. The van der Waals surface area contributed by atoms with Crippen LogP contribution in [0.4, 0.5) is 0 Å². The minimum absolute atomic E-state index is 0.455. The SMILES string of the molecule is CC.CC1COC2=C(C=CCC2)N1. The molecule has 0 amide bonds. The minimum Gasteiger partial charge on any atom is -0.494 e. The summed E-state index contributed by atoms with van der Waals surface area (Å²) in [5.41, 5.74) is 1.19. The Morgan fingerprint density at radius 3 is 3.00 bits per heavy atom. The Labute approximate surface area is 80.7 Å². The second-order valence-corrected chi connectivity index (χ2v) is 3.13. The molecule has 2 heteroatoms. The van der Waals surface area contributed by atoms with Crippen molar-refractivity contribution in [3.8, 4) is 0 Å². The van der Waals surface area contributed by atoms with Gasteiger partial charge in [0.05, 0.1) is 11.7 Å². The van der Waals surface area contributed by atoms with Crippen molar-refractivity contribution in [2.75, 3.05) is 6.61 Å². The smallest absolute Gasteiger partial charge is 0.119 e. The van der Waals surface area contributed by atoms with Crippen LogP contribution in [-0.2, 0) is 4.74 Å². The van der Waals surface area contributed by atoms with E-state index in [0.29, 0.717) is 6.04 Å². The summed E-state index contributed by atoms with van der Waals surface area (Å²) in [6.45, 7) is 6.94. The molecule has 0 radical (unpaired) electrons. The van der Waals surface area contributed by atoms with Gasteiger partial charge in [0.2, 0.25) is 0 Å². The molecule has 0 saturated heterocycles. The fraction of sp³-hybridized carbons (Fsp3) is 0.636. The summed E-state index contributed by atoms with van der Waals surface area (Å²) in [4.78, 5) is 0. The Hall–Kier alpha value is -0.920. The van der Waals surface area contributed by atoms with Gasteiger partial charge in [0.1, 0.15) is 12.4 Å². The molecule has 1 unspecified atom stereocenters. The fourth-order valence-electron chi connectivity index (χ4n) is 1.45. The molecule has 0 aromatic carbocycles. The van der Waals surface area contributed by atoms with Crippen LogP contribution in [-0.4, -0.2) is 12.6 Å². The normalized spacial score (nSPS) is 25.0. The molecule has 2 nitrogen and oxygen atoms in total. The van der Waals surface area contributed by atoms with Crippen molar-refractivity contribution in [3.05, 3.63) is 23.6 Å². The Kier molecular flexibility index (Phi) is 3.87. The molecule has 2 aliphatic rings. The molecule has 1 N–H and O–H groups in total. The van der Waals surface area contributed by atoms with Gasteiger partial charge in [0, 0.05) is 6.42 Å². The fourth-order valence-corrected chi connectivity index (χ4v) is 1.45. The summed E-state index contributed by atoms with van der Waals surface area (Å²) in [6.07, 6.45) is 6.49. The lowest BCUT2D eigenvalue weighted by atomic mass is 10.1. The zero-order valence-corrected chi connectivity index (χ0v) is 8.76. The lowest BCUT2D eigenvalue weighted by molar-refractivity contribution is 0.154. The summed E-state index contributed by atoms with van der Waals surface area (Å²) < 4.78 is 5.56. The van der Waals surface area contributed by atoms with Gasteiger partial charge in [0.25, 0.3) is 0 Å². The van der Waals surface area contributed by atoms with Crippen molar-refractivity contribution in [1.29, 1.82) is 0 Å². The molecule has 1 atom stereocenters. The van der Waals surface area contributed by atoms with E-state index >= 15 is 0 Å². The van der Waals surface area contributed by atoms with Crippen molar-refractivity contribution in [1.82, 2.24) is 5.32 Å². The highest BCUT2D eigenvalue weighted by Crippen LogP contribution is 2.21. The minimum atomic E-state index is 0.455. The van der Waals surface area contributed by atoms with Crippen LogP contribution in [0.15, 0.2) is 23.6 Å². The van der Waals surface area contributed by atoms with Gasteiger partial charge >= 0.3 is 0 Å². The van der Waals surface area contributed by atoms with E-state index < -0.39 is 0 Å². The maximum atomic E-state index is 5.56. The van der Waals surface area contributed by atoms with Gasteiger partial charge < -0.3 is 10.1 Å². The molecule has 1 heterocycles. The molecular formula is C11H19NO. The van der Waals surface area contributed by atoms with Crippen LogP contribution in [0.2, 0.25) is 0 Å². The predicted molar refractivity (Wildman–Crippen MR) is 55.3 cm³/mol. The van der Waals surface area contributed by atoms with E-state index in [9.17, 15) is 0 Å². The highest BCUT2D eigenvalue weighted by atomic mass is 16.5. The number of nitrogens with one attached hydrogen (secondary N) is 1. The molecular weight excluding hydrogens is 162 g/mol. The average Bonchev–Trinajstić information content (AvgIpc) is 2.21. The predicted octanol–water partition coefficient (Wildman–Crippen LogP) is 2.58. The molecule has 0 fully saturated rings. The lowest BCUT2D eigenvalue weighted by Gasteiger charge is -2.27. The van der Waals surface area contributed by atoms with Crippen LogP contribution in [0.5, 0.6) is 0 Å². The Bertz CT molecular complexity index is 218. The number of rotatable bonds is 0. The van der Waals surface area contributed by atoms with Gasteiger partial charge in [-0.1, -0.05) is 19.9 Å². The molecule has 2 rings (SSSR count). The number of hydrogen-bond acceptors (Lipinski definition) is 2. The van der Waals surface area contributed by atoms with Gasteiger partial charge in [-0.25, -0.2) is 0 Å². The number of allylic oxidation sites excluding steroid dienone is 3. The van der Waals surface area contributed by atoms with Crippen molar-refractivity contribution in [2.24, 2.45) is 0 Å². The first-order valence-corrected chi connectivity index (χ1v) is 5.15. The van der Waals surface area contributed by atoms with Crippen LogP contribution in [0, 0.1) is 0 Å². The molecule has 1 aliphatic carbocycles. The van der Waals surface area contributed by atoms with Crippen LogP contribution in [0.1, 0.15) is 33.6 Å². The standard InChI is InChI=1S/C9H13NO.C2H6/c1-7-6-11-9-5-3-2-4-8(9)10-7;1-2/h2,4,7,10H,3,5-6H2,1H3;1-2H3. The van der Waals surface area contributed by atoms with Crippen molar-refractivity contribution >= 4 is 0 Å². The van der Waals surface area contributed by atoms with Gasteiger partial charge in [-0.05, 0) is 19.4 Å². The molecule has 74 valence electrons. The van der Waals surface area contributed by atoms with E-state index in [4.69, 9.17) is 4.74 Å². The maximum Gasteiger partial charge on any atom is 0.119 e. The largest absolute Gasteiger partial charge is 0.494 e. The molecule has 1 aliphatic heterocycles. The number of ether oxygens (including phenoxy) is 1. The molecule has 0 bridgehead atoms. The molecule has 13 heavy (non-hydrogen) atoms. The van der Waals surface area contributed by atoms with Crippen LogP contribution < -0.4 is 5.32 Å². The van der Waals surface area contributed by atoms with E-state index in [1.807, 2.05) is 13.8 Å². The Morgan fingerprint density at radius 2 is 2.23 bits per heavy atom. The third kappa shape index (κ3) is 2.51. The van der Waals surface area contributed by atoms with E-state index in [2.05, 4.69) is 24.4 Å². The third-order valence-corrected chi connectivity index (χ3v) is 2.03. The van der Waals surface area contributed by atoms with Crippen molar-refractivity contribution < 1.29 is 4.74 Å². The highest BCUT2D eigenvalue weighted by molar-refractivity contribution is 5.26. The summed E-state index contributed by atoms with van der Waals surface area (Å²) in [7, 11) is 0. The maximum absolute atomic E-state index is 5.56. The first-order valence-electron chi connectivity index (χ1n) is 5.15. The van der Waals surface area contributed by atoms with E-state index in [-0.39, 0.29) is 0 Å². The third-order valence-electron chi connectivity index (χ3n) is 2.03. The van der Waals surface area contributed by atoms with Gasteiger partial charge in [0.15, 0.2) is 0 Å². The van der Waals surface area contributed by atoms with Gasteiger partial charge in [-0.2, -0.15) is 0 Å². The lowest BCUT2D eigenvalue weighted by Crippen LogP contribution is -2.35.